The number of amides is 1. The summed E-state index contributed by atoms with van der Waals surface area (Å²) in [6.07, 6.45) is 7.54. The van der Waals surface area contributed by atoms with Crippen molar-refractivity contribution in [3.63, 3.8) is 0 Å². The van der Waals surface area contributed by atoms with Gasteiger partial charge in [0.05, 0.1) is 11.1 Å². The lowest BCUT2D eigenvalue weighted by Gasteiger charge is -2.33. The largest absolute Gasteiger partial charge is 0.339 e. The molecule has 0 atom stereocenters. The number of rotatable bonds is 8. The van der Waals surface area contributed by atoms with Crippen molar-refractivity contribution in [2.45, 2.75) is 56.8 Å². The van der Waals surface area contributed by atoms with Crippen LogP contribution < -0.4 is 5.56 Å². The van der Waals surface area contributed by atoms with E-state index in [4.69, 9.17) is 4.98 Å². The van der Waals surface area contributed by atoms with E-state index in [1.165, 1.54) is 42.4 Å². The van der Waals surface area contributed by atoms with Gasteiger partial charge in [0.1, 0.15) is 4.83 Å². The molecule has 32 heavy (non-hydrogen) atoms. The minimum atomic E-state index is -0.0791. The molecule has 0 bridgehead atoms. The van der Waals surface area contributed by atoms with Crippen LogP contribution in [0.5, 0.6) is 0 Å². The Morgan fingerprint density at radius 3 is 2.72 bits per heavy atom. The van der Waals surface area contributed by atoms with Crippen LogP contribution >= 0.6 is 23.1 Å². The van der Waals surface area contributed by atoms with Crippen molar-refractivity contribution in [1.82, 2.24) is 14.5 Å². The zero-order chi connectivity index (χ0) is 22.5. The minimum absolute atomic E-state index is 0.0791. The maximum absolute atomic E-state index is 13.4. The van der Waals surface area contributed by atoms with Crippen molar-refractivity contribution < 1.29 is 4.79 Å². The van der Waals surface area contributed by atoms with Gasteiger partial charge >= 0.3 is 0 Å². The van der Waals surface area contributed by atoms with E-state index in [0.29, 0.717) is 28.0 Å². The molecule has 0 radical (unpaired) electrons. The zero-order valence-electron chi connectivity index (χ0n) is 18.5. The van der Waals surface area contributed by atoms with Crippen LogP contribution in [0.1, 0.15) is 39.0 Å². The number of nitrogens with zero attached hydrogens (tertiary/aromatic N) is 3. The van der Waals surface area contributed by atoms with Gasteiger partial charge in [0.2, 0.25) is 5.91 Å². The first-order chi connectivity index (χ1) is 15.6. The fraction of sp³-hybridized carbons (Fsp3) is 0.400. The predicted molar refractivity (Wildman–Crippen MR) is 134 cm³/mol. The number of thioether (sulfide) groups is 1. The van der Waals surface area contributed by atoms with Gasteiger partial charge in [-0.05, 0) is 25.3 Å². The summed E-state index contributed by atoms with van der Waals surface area (Å²) in [5.74, 6) is 0.413. The Bertz CT molecular complexity index is 1150. The highest BCUT2D eigenvalue weighted by atomic mass is 32.2. The number of benzene rings is 1. The molecule has 0 N–H and O–H groups in total. The van der Waals surface area contributed by atoms with E-state index in [1.54, 1.807) is 10.6 Å². The predicted octanol–water partition coefficient (Wildman–Crippen LogP) is 5.58. The molecule has 4 rings (SSSR count). The van der Waals surface area contributed by atoms with E-state index in [1.807, 2.05) is 47.5 Å². The molecule has 1 fully saturated rings. The molecule has 0 spiro atoms. The molecule has 1 amide bonds. The molecule has 2 heterocycles. The molecule has 0 saturated heterocycles. The van der Waals surface area contributed by atoms with Gasteiger partial charge < -0.3 is 4.90 Å². The molecule has 1 saturated carbocycles. The Hall–Kier alpha value is -2.38. The van der Waals surface area contributed by atoms with Crippen molar-refractivity contribution >= 4 is 39.2 Å². The lowest BCUT2D eigenvalue weighted by Crippen LogP contribution is -2.42. The molecule has 7 heteroatoms. The Kier molecular flexibility index (Phi) is 7.48. The molecule has 1 aliphatic rings. The van der Waals surface area contributed by atoms with Crippen LogP contribution in [0, 0.1) is 0 Å². The maximum atomic E-state index is 13.4. The van der Waals surface area contributed by atoms with Crippen molar-refractivity contribution in [3.8, 4) is 11.1 Å². The Balaban J connectivity index is 1.62. The van der Waals surface area contributed by atoms with Crippen molar-refractivity contribution in [3.05, 3.63) is 58.7 Å². The van der Waals surface area contributed by atoms with Crippen LogP contribution in [0.15, 0.2) is 58.3 Å². The number of hydrogen-bond acceptors (Lipinski definition) is 5. The zero-order valence-corrected chi connectivity index (χ0v) is 20.1. The number of hydrogen-bond donors (Lipinski definition) is 0. The summed E-state index contributed by atoms with van der Waals surface area (Å²) in [5, 5.41) is 3.21. The molecule has 0 aliphatic heterocycles. The number of aromatic nitrogens is 2. The van der Waals surface area contributed by atoms with Gasteiger partial charge in [-0.25, -0.2) is 4.98 Å². The lowest BCUT2D eigenvalue weighted by molar-refractivity contribution is -0.131. The van der Waals surface area contributed by atoms with E-state index in [2.05, 4.69) is 6.58 Å². The van der Waals surface area contributed by atoms with Crippen LogP contribution in [-0.2, 0) is 11.3 Å². The monoisotopic (exact) mass is 467 g/mol. The first-order valence-corrected chi connectivity index (χ1v) is 13.1. The summed E-state index contributed by atoms with van der Waals surface area (Å²) in [4.78, 5) is 34.0. The standard InChI is InChI=1S/C25H29N3O2S2/c1-3-15-28-24(30)22-20(18-11-7-5-8-12-18)16-31-23(22)26-25(28)32-17-21(29)27(4-2)19-13-9-6-10-14-19/h3,5,7-8,11-12,16,19H,1,4,6,9-10,13-15,17H2,2H3. The fourth-order valence-corrected chi connectivity index (χ4v) is 6.36. The van der Waals surface area contributed by atoms with Gasteiger partial charge in [0, 0.05) is 30.1 Å². The number of fused-ring (bicyclic) bond motifs is 1. The van der Waals surface area contributed by atoms with Crippen LogP contribution in [0.2, 0.25) is 0 Å². The first-order valence-electron chi connectivity index (χ1n) is 11.2. The third-order valence-electron chi connectivity index (χ3n) is 6.06. The SMILES string of the molecule is C=CCn1c(SCC(=O)N(CC)C2CCCCC2)nc2scc(-c3ccccc3)c2c1=O. The Morgan fingerprint density at radius 2 is 2.03 bits per heavy atom. The summed E-state index contributed by atoms with van der Waals surface area (Å²) in [5.41, 5.74) is 1.83. The third-order valence-corrected chi connectivity index (χ3v) is 7.89. The summed E-state index contributed by atoms with van der Waals surface area (Å²) in [6, 6.07) is 10.3. The smallest absolute Gasteiger partial charge is 0.263 e. The summed E-state index contributed by atoms with van der Waals surface area (Å²) < 4.78 is 1.64. The highest BCUT2D eigenvalue weighted by Crippen LogP contribution is 2.32. The van der Waals surface area contributed by atoms with E-state index in [9.17, 15) is 9.59 Å². The molecule has 0 unspecified atom stereocenters. The van der Waals surface area contributed by atoms with Gasteiger partial charge in [-0.1, -0.05) is 67.4 Å². The minimum Gasteiger partial charge on any atom is -0.339 e. The van der Waals surface area contributed by atoms with Crippen LogP contribution in [0.4, 0.5) is 0 Å². The van der Waals surface area contributed by atoms with Gasteiger partial charge in [0.25, 0.3) is 5.56 Å². The number of allylic oxidation sites excluding steroid dienone is 1. The Morgan fingerprint density at radius 1 is 1.28 bits per heavy atom. The van der Waals surface area contributed by atoms with E-state index in [-0.39, 0.29) is 17.2 Å². The molecule has 1 aromatic carbocycles. The lowest BCUT2D eigenvalue weighted by atomic mass is 9.94. The number of carbonyl (C=O) groups excluding carboxylic acids is 1. The van der Waals surface area contributed by atoms with E-state index in [0.717, 1.165) is 30.5 Å². The third kappa shape index (κ3) is 4.69. The van der Waals surface area contributed by atoms with Crippen LogP contribution in [0.25, 0.3) is 21.3 Å². The molecular formula is C25H29N3O2S2. The van der Waals surface area contributed by atoms with Crippen LogP contribution in [-0.4, -0.2) is 38.7 Å². The summed E-state index contributed by atoms with van der Waals surface area (Å²) >= 11 is 2.83. The van der Waals surface area contributed by atoms with E-state index >= 15 is 0 Å². The maximum Gasteiger partial charge on any atom is 0.263 e. The Labute approximate surface area is 197 Å². The first kappa shape index (κ1) is 22.8. The van der Waals surface area contributed by atoms with Gasteiger partial charge in [-0.3, -0.25) is 14.2 Å². The second-order valence-electron chi connectivity index (χ2n) is 8.05. The van der Waals surface area contributed by atoms with Gasteiger partial charge in [-0.15, -0.1) is 17.9 Å². The van der Waals surface area contributed by atoms with E-state index < -0.39 is 0 Å². The highest BCUT2D eigenvalue weighted by Gasteiger charge is 2.25. The second-order valence-corrected chi connectivity index (χ2v) is 9.86. The highest BCUT2D eigenvalue weighted by molar-refractivity contribution is 7.99. The molecular weight excluding hydrogens is 438 g/mol. The molecule has 168 valence electrons. The molecule has 5 nitrogen and oxygen atoms in total. The summed E-state index contributed by atoms with van der Waals surface area (Å²) in [7, 11) is 0. The molecule has 1 aliphatic carbocycles. The normalized spacial score (nSPS) is 14.5. The topological polar surface area (TPSA) is 55.2 Å². The number of thiophene rings is 1. The van der Waals surface area contributed by atoms with Crippen molar-refractivity contribution in [2.24, 2.45) is 0 Å². The van der Waals surface area contributed by atoms with Crippen molar-refractivity contribution in [2.75, 3.05) is 12.3 Å². The second kappa shape index (κ2) is 10.5. The molecule has 2 aromatic heterocycles. The summed E-state index contributed by atoms with van der Waals surface area (Å²) in [6.45, 7) is 6.95. The quantitative estimate of drug-likeness (QED) is 0.246. The van der Waals surface area contributed by atoms with Crippen LogP contribution in [0.3, 0.4) is 0 Å². The van der Waals surface area contributed by atoms with Crippen molar-refractivity contribution in [1.29, 1.82) is 0 Å². The van der Waals surface area contributed by atoms with Gasteiger partial charge in [0.15, 0.2) is 5.16 Å². The number of carbonyl (C=O) groups is 1. The average molecular weight is 468 g/mol. The fourth-order valence-electron chi connectivity index (χ4n) is 4.48. The van der Waals surface area contributed by atoms with Gasteiger partial charge in [-0.2, -0.15) is 0 Å². The molecule has 3 aromatic rings. The average Bonchev–Trinajstić information content (AvgIpc) is 3.26.